The van der Waals surface area contributed by atoms with E-state index in [-0.39, 0.29) is 5.91 Å². The van der Waals surface area contributed by atoms with Gasteiger partial charge in [0.05, 0.1) is 7.11 Å². The zero-order chi connectivity index (χ0) is 10.7. The molecule has 5 heteroatoms. The Hall–Kier alpha value is -0.940. The van der Waals surface area contributed by atoms with Gasteiger partial charge in [0.25, 0.3) is 5.91 Å². The van der Waals surface area contributed by atoms with Crippen molar-refractivity contribution >= 4 is 21.8 Å². The topological polar surface area (TPSA) is 42.4 Å². The summed E-state index contributed by atoms with van der Waals surface area (Å²) >= 11 is 3.30. The van der Waals surface area contributed by atoms with Crippen LogP contribution in [0, 0.1) is 6.92 Å². The van der Waals surface area contributed by atoms with Crippen LogP contribution in [0.4, 0.5) is 0 Å². The van der Waals surface area contributed by atoms with Crippen molar-refractivity contribution in [3.8, 4) is 0 Å². The number of hydroxylamine groups is 2. The largest absolute Gasteiger partial charge is 0.295 e. The number of aryl methyl sites for hydroxylation is 1. The smallest absolute Gasteiger partial charge is 0.274 e. The van der Waals surface area contributed by atoms with Crippen molar-refractivity contribution < 1.29 is 9.63 Å². The van der Waals surface area contributed by atoms with Crippen LogP contribution >= 0.6 is 15.9 Å². The summed E-state index contributed by atoms with van der Waals surface area (Å²) in [4.78, 5) is 20.5. The Labute approximate surface area is 91.0 Å². The van der Waals surface area contributed by atoms with Crippen molar-refractivity contribution in [3.63, 3.8) is 0 Å². The maximum atomic E-state index is 11.6. The van der Waals surface area contributed by atoms with E-state index in [9.17, 15) is 4.79 Å². The van der Waals surface area contributed by atoms with E-state index in [2.05, 4.69) is 20.9 Å². The van der Waals surface area contributed by atoms with Gasteiger partial charge in [0.15, 0.2) is 0 Å². The first-order chi connectivity index (χ1) is 6.54. The standard InChI is InChI=1S/C9H11BrN2O2/c1-6-4-7(10)5-8(11-6)9(13)12(2)14-3/h4-5H,1-3H3. The van der Waals surface area contributed by atoms with Crippen molar-refractivity contribution in [1.29, 1.82) is 0 Å². The van der Waals surface area contributed by atoms with E-state index >= 15 is 0 Å². The maximum Gasteiger partial charge on any atom is 0.295 e. The van der Waals surface area contributed by atoms with Crippen LogP contribution in [0.15, 0.2) is 16.6 Å². The second kappa shape index (κ2) is 4.52. The number of rotatable bonds is 2. The summed E-state index contributed by atoms with van der Waals surface area (Å²) in [6.07, 6.45) is 0. The lowest BCUT2D eigenvalue weighted by atomic mass is 10.3. The minimum atomic E-state index is -0.267. The molecule has 0 bridgehead atoms. The molecule has 0 unspecified atom stereocenters. The number of halogens is 1. The normalized spacial score (nSPS) is 10.0. The molecule has 0 aliphatic rings. The number of carbonyl (C=O) groups is 1. The Bertz CT molecular complexity index is 334. The molecule has 0 spiro atoms. The number of aromatic nitrogens is 1. The third-order valence-corrected chi connectivity index (χ3v) is 2.16. The lowest BCUT2D eigenvalue weighted by Crippen LogP contribution is -2.26. The zero-order valence-electron chi connectivity index (χ0n) is 8.24. The monoisotopic (exact) mass is 258 g/mol. The summed E-state index contributed by atoms with van der Waals surface area (Å²) in [7, 11) is 2.98. The molecule has 0 atom stereocenters. The van der Waals surface area contributed by atoms with Crippen molar-refractivity contribution in [2.75, 3.05) is 14.2 Å². The van der Waals surface area contributed by atoms with Crippen LogP contribution in [-0.2, 0) is 4.84 Å². The summed E-state index contributed by atoms with van der Waals surface area (Å²) < 4.78 is 0.831. The lowest BCUT2D eigenvalue weighted by molar-refractivity contribution is -0.0760. The van der Waals surface area contributed by atoms with Gasteiger partial charge in [0.2, 0.25) is 0 Å². The summed E-state index contributed by atoms with van der Waals surface area (Å²) in [6.45, 7) is 1.83. The first-order valence-corrected chi connectivity index (χ1v) is 4.80. The van der Waals surface area contributed by atoms with Gasteiger partial charge in [-0.15, -0.1) is 0 Å². The fourth-order valence-corrected chi connectivity index (χ4v) is 1.53. The minimum Gasteiger partial charge on any atom is -0.274 e. The highest BCUT2D eigenvalue weighted by Gasteiger charge is 2.13. The van der Waals surface area contributed by atoms with Gasteiger partial charge in [0.1, 0.15) is 5.69 Å². The maximum absolute atomic E-state index is 11.6. The van der Waals surface area contributed by atoms with E-state index in [1.54, 1.807) is 13.1 Å². The number of amides is 1. The predicted molar refractivity (Wildman–Crippen MR) is 55.8 cm³/mol. The molecule has 0 saturated heterocycles. The summed E-state index contributed by atoms with van der Waals surface area (Å²) in [5.41, 5.74) is 1.15. The van der Waals surface area contributed by atoms with E-state index in [0.29, 0.717) is 5.69 Å². The SMILES string of the molecule is CON(C)C(=O)c1cc(Br)cc(C)n1. The van der Waals surface area contributed by atoms with E-state index in [1.807, 2.05) is 13.0 Å². The Morgan fingerprint density at radius 3 is 2.71 bits per heavy atom. The van der Waals surface area contributed by atoms with Crippen molar-refractivity contribution in [2.24, 2.45) is 0 Å². The lowest BCUT2D eigenvalue weighted by Gasteiger charge is -2.13. The molecule has 14 heavy (non-hydrogen) atoms. The van der Waals surface area contributed by atoms with Crippen LogP contribution in [0.3, 0.4) is 0 Å². The fraction of sp³-hybridized carbons (Fsp3) is 0.333. The molecule has 0 aliphatic heterocycles. The van der Waals surface area contributed by atoms with Gasteiger partial charge < -0.3 is 0 Å². The molecule has 1 rings (SSSR count). The van der Waals surface area contributed by atoms with Gasteiger partial charge in [0, 0.05) is 17.2 Å². The molecule has 0 fully saturated rings. The van der Waals surface area contributed by atoms with Crippen molar-refractivity contribution in [2.45, 2.75) is 6.92 Å². The molecule has 0 aromatic carbocycles. The van der Waals surface area contributed by atoms with Crippen LogP contribution in [0.25, 0.3) is 0 Å². The van der Waals surface area contributed by atoms with Crippen molar-refractivity contribution in [1.82, 2.24) is 10.0 Å². The van der Waals surface area contributed by atoms with Gasteiger partial charge >= 0.3 is 0 Å². The molecule has 1 heterocycles. The van der Waals surface area contributed by atoms with Gasteiger partial charge in [-0.2, -0.15) is 0 Å². The van der Waals surface area contributed by atoms with Crippen LogP contribution in [-0.4, -0.2) is 30.1 Å². The number of hydrogen-bond donors (Lipinski definition) is 0. The minimum absolute atomic E-state index is 0.267. The molecule has 1 amide bonds. The first kappa shape index (κ1) is 11.1. The molecule has 76 valence electrons. The molecule has 1 aromatic rings. The summed E-state index contributed by atoms with van der Waals surface area (Å²) in [5, 5.41) is 1.13. The van der Waals surface area contributed by atoms with Gasteiger partial charge in [-0.25, -0.2) is 10.0 Å². The predicted octanol–water partition coefficient (Wildman–Crippen LogP) is 1.79. The van der Waals surface area contributed by atoms with E-state index < -0.39 is 0 Å². The molecule has 0 radical (unpaired) electrons. The molecular formula is C9H11BrN2O2. The third-order valence-electron chi connectivity index (χ3n) is 1.70. The third kappa shape index (κ3) is 2.52. The van der Waals surface area contributed by atoms with Crippen LogP contribution in [0.5, 0.6) is 0 Å². The van der Waals surface area contributed by atoms with Gasteiger partial charge in [-0.3, -0.25) is 9.63 Å². The quantitative estimate of drug-likeness (QED) is 0.760. The average Bonchev–Trinajstić information content (AvgIpc) is 2.14. The number of carbonyl (C=O) groups excluding carboxylic acids is 1. The van der Waals surface area contributed by atoms with Gasteiger partial charge in [-0.05, 0) is 19.1 Å². The van der Waals surface area contributed by atoms with Crippen LogP contribution in [0.2, 0.25) is 0 Å². The Balaban J connectivity index is 3.01. The molecule has 0 aliphatic carbocycles. The van der Waals surface area contributed by atoms with E-state index in [4.69, 9.17) is 4.84 Å². The molecule has 0 N–H and O–H groups in total. The summed E-state index contributed by atoms with van der Waals surface area (Å²) in [6, 6.07) is 3.49. The fourth-order valence-electron chi connectivity index (χ4n) is 0.980. The van der Waals surface area contributed by atoms with Crippen molar-refractivity contribution in [3.05, 3.63) is 28.0 Å². The Kier molecular flexibility index (Phi) is 3.60. The van der Waals surface area contributed by atoms with Crippen LogP contribution < -0.4 is 0 Å². The Morgan fingerprint density at radius 1 is 1.57 bits per heavy atom. The first-order valence-electron chi connectivity index (χ1n) is 4.01. The Morgan fingerprint density at radius 2 is 2.21 bits per heavy atom. The molecule has 0 saturated carbocycles. The second-order valence-corrected chi connectivity index (χ2v) is 3.71. The summed E-state index contributed by atoms with van der Waals surface area (Å²) in [5.74, 6) is -0.267. The number of pyridine rings is 1. The highest BCUT2D eigenvalue weighted by atomic mass is 79.9. The van der Waals surface area contributed by atoms with E-state index in [1.165, 1.54) is 7.11 Å². The highest BCUT2D eigenvalue weighted by molar-refractivity contribution is 9.10. The van der Waals surface area contributed by atoms with Crippen LogP contribution in [0.1, 0.15) is 16.2 Å². The number of hydrogen-bond acceptors (Lipinski definition) is 3. The molecule has 4 nitrogen and oxygen atoms in total. The molecular weight excluding hydrogens is 248 g/mol. The zero-order valence-corrected chi connectivity index (χ0v) is 9.83. The highest BCUT2D eigenvalue weighted by Crippen LogP contribution is 2.13. The van der Waals surface area contributed by atoms with E-state index in [0.717, 1.165) is 15.2 Å². The molecule has 1 aromatic heterocycles. The number of nitrogens with zero attached hydrogens (tertiary/aromatic N) is 2. The average molecular weight is 259 g/mol. The van der Waals surface area contributed by atoms with Gasteiger partial charge in [-0.1, -0.05) is 15.9 Å². The second-order valence-electron chi connectivity index (χ2n) is 2.80.